The number of aliphatic imine (C=N–C) groups is 1. The van der Waals surface area contributed by atoms with Gasteiger partial charge in [0.25, 0.3) is 0 Å². The van der Waals surface area contributed by atoms with E-state index in [2.05, 4.69) is 42.5 Å². The zero-order valence-corrected chi connectivity index (χ0v) is 21.0. The molecule has 8 heteroatoms. The zero-order chi connectivity index (χ0) is 19.5. The van der Waals surface area contributed by atoms with Crippen LogP contribution in [0, 0.1) is 12.8 Å². The third-order valence-electron chi connectivity index (χ3n) is 3.80. The van der Waals surface area contributed by atoms with Crippen molar-refractivity contribution in [1.82, 2.24) is 15.6 Å². The number of aromatic nitrogens is 1. The number of halogens is 1. The first-order valence-electron chi connectivity index (χ1n) is 9.31. The second-order valence-corrected chi connectivity index (χ2v) is 8.71. The summed E-state index contributed by atoms with van der Waals surface area (Å²) in [4.78, 5) is 11.6. The molecule has 5 nitrogen and oxygen atoms in total. The van der Waals surface area contributed by atoms with Crippen LogP contribution < -0.4 is 15.4 Å². The molecule has 1 aromatic carbocycles. The number of guanidine groups is 1. The lowest BCUT2D eigenvalue weighted by Crippen LogP contribution is -2.38. The number of thioether (sulfide) groups is 1. The largest absolute Gasteiger partial charge is 0.496 e. The molecule has 0 bridgehead atoms. The average Bonchev–Trinajstić information content (AvgIpc) is 3.09. The number of hydrogen-bond donors (Lipinski definition) is 2. The normalized spacial score (nSPS) is 12.2. The summed E-state index contributed by atoms with van der Waals surface area (Å²) in [7, 11) is 1.72. The first-order chi connectivity index (χ1) is 13.1. The van der Waals surface area contributed by atoms with E-state index in [0.717, 1.165) is 48.5 Å². The standard InChI is InChI=1S/C20H30N4OS2.HI/c1-5-21-20(22-11-10-19-23-13-16(3)27-19)24-12-15(2)14-26-18-9-7-6-8-17(18)25-4;/h6-9,13,15H,5,10-12,14H2,1-4H3,(H2,21,22,24);1H. The van der Waals surface area contributed by atoms with E-state index < -0.39 is 0 Å². The second-order valence-electron chi connectivity index (χ2n) is 6.33. The summed E-state index contributed by atoms with van der Waals surface area (Å²) in [5.41, 5.74) is 0. The van der Waals surface area contributed by atoms with E-state index in [1.54, 1.807) is 18.4 Å². The van der Waals surface area contributed by atoms with Gasteiger partial charge in [0.1, 0.15) is 5.75 Å². The van der Waals surface area contributed by atoms with E-state index in [4.69, 9.17) is 9.73 Å². The molecule has 0 radical (unpaired) electrons. The third-order valence-corrected chi connectivity index (χ3v) is 6.15. The van der Waals surface area contributed by atoms with Crippen molar-refractivity contribution in [2.45, 2.75) is 32.1 Å². The van der Waals surface area contributed by atoms with Gasteiger partial charge in [0, 0.05) is 47.8 Å². The minimum absolute atomic E-state index is 0. The van der Waals surface area contributed by atoms with E-state index in [1.165, 1.54) is 9.77 Å². The number of methoxy groups -OCH3 is 1. The molecular formula is C20H31IN4OS2. The van der Waals surface area contributed by atoms with Crippen molar-refractivity contribution in [2.24, 2.45) is 10.9 Å². The van der Waals surface area contributed by atoms with Crippen molar-refractivity contribution >= 4 is 53.0 Å². The predicted molar refractivity (Wildman–Crippen MR) is 133 cm³/mol. The molecule has 1 heterocycles. The van der Waals surface area contributed by atoms with Crippen LogP contribution in [0.5, 0.6) is 5.75 Å². The number of hydrogen-bond acceptors (Lipinski definition) is 5. The monoisotopic (exact) mass is 534 g/mol. The minimum Gasteiger partial charge on any atom is -0.496 e. The molecule has 0 saturated heterocycles. The minimum atomic E-state index is 0. The van der Waals surface area contributed by atoms with Gasteiger partial charge in [0.15, 0.2) is 5.96 Å². The Morgan fingerprint density at radius 2 is 2.11 bits per heavy atom. The third kappa shape index (κ3) is 9.00. The van der Waals surface area contributed by atoms with Gasteiger partial charge in [0.05, 0.1) is 12.1 Å². The molecule has 0 saturated carbocycles. The maximum Gasteiger partial charge on any atom is 0.191 e. The van der Waals surface area contributed by atoms with Gasteiger partial charge in [-0.3, -0.25) is 4.99 Å². The molecule has 156 valence electrons. The zero-order valence-electron chi connectivity index (χ0n) is 17.0. The summed E-state index contributed by atoms with van der Waals surface area (Å²) in [5.74, 6) is 3.28. The van der Waals surface area contributed by atoms with E-state index >= 15 is 0 Å². The molecule has 0 aliphatic heterocycles. The van der Waals surface area contributed by atoms with Crippen molar-refractivity contribution in [3.63, 3.8) is 0 Å². The fraction of sp³-hybridized carbons (Fsp3) is 0.500. The van der Waals surface area contributed by atoms with Gasteiger partial charge in [0.2, 0.25) is 0 Å². The van der Waals surface area contributed by atoms with Crippen molar-refractivity contribution in [2.75, 3.05) is 32.5 Å². The molecule has 1 aromatic heterocycles. The Bertz CT molecular complexity index is 724. The highest BCUT2D eigenvalue weighted by atomic mass is 127. The van der Waals surface area contributed by atoms with Crippen LogP contribution in [0.15, 0.2) is 40.4 Å². The number of para-hydroxylation sites is 1. The Labute approximate surface area is 194 Å². The maximum atomic E-state index is 5.42. The highest BCUT2D eigenvalue weighted by Gasteiger charge is 2.07. The van der Waals surface area contributed by atoms with Crippen molar-refractivity contribution in [3.05, 3.63) is 40.3 Å². The summed E-state index contributed by atoms with van der Waals surface area (Å²) in [5, 5.41) is 7.89. The number of nitrogens with one attached hydrogen (secondary N) is 2. The summed E-state index contributed by atoms with van der Waals surface area (Å²) >= 11 is 3.57. The molecule has 1 atom stereocenters. The number of aryl methyl sites for hydroxylation is 1. The molecule has 2 N–H and O–H groups in total. The van der Waals surface area contributed by atoms with Crippen molar-refractivity contribution < 1.29 is 4.74 Å². The summed E-state index contributed by atoms with van der Waals surface area (Å²) in [6, 6.07) is 8.15. The topological polar surface area (TPSA) is 58.5 Å². The number of rotatable bonds is 10. The molecule has 1 unspecified atom stereocenters. The fourth-order valence-electron chi connectivity index (χ4n) is 2.42. The Balaban J connectivity index is 0.00000392. The number of benzene rings is 1. The van der Waals surface area contributed by atoms with Crippen molar-refractivity contribution in [1.29, 1.82) is 0 Å². The number of nitrogens with zero attached hydrogens (tertiary/aromatic N) is 2. The molecule has 2 rings (SSSR count). The van der Waals surface area contributed by atoms with Gasteiger partial charge in [-0.05, 0) is 31.9 Å². The van der Waals surface area contributed by atoms with Gasteiger partial charge < -0.3 is 15.4 Å². The van der Waals surface area contributed by atoms with Gasteiger partial charge in [-0.2, -0.15) is 0 Å². The Hall–Kier alpha value is -1.00. The average molecular weight is 535 g/mol. The first-order valence-corrected chi connectivity index (χ1v) is 11.1. The van der Waals surface area contributed by atoms with Crippen LogP contribution in [-0.4, -0.2) is 43.4 Å². The molecule has 28 heavy (non-hydrogen) atoms. The van der Waals surface area contributed by atoms with Gasteiger partial charge in [-0.1, -0.05) is 19.1 Å². The van der Waals surface area contributed by atoms with Crippen LogP contribution in [0.4, 0.5) is 0 Å². The molecule has 0 aliphatic carbocycles. The fourth-order valence-corrected chi connectivity index (χ4v) is 4.24. The molecular weight excluding hydrogens is 503 g/mol. The Kier molecular flexibility index (Phi) is 12.6. The predicted octanol–water partition coefficient (Wildman–Crippen LogP) is 4.60. The lowest BCUT2D eigenvalue weighted by molar-refractivity contribution is 0.405. The van der Waals surface area contributed by atoms with E-state index in [0.29, 0.717) is 5.92 Å². The van der Waals surface area contributed by atoms with Crippen LogP contribution in [0.3, 0.4) is 0 Å². The molecule has 0 fully saturated rings. The van der Waals surface area contributed by atoms with Crippen molar-refractivity contribution in [3.8, 4) is 5.75 Å². The summed E-state index contributed by atoms with van der Waals surface area (Å²) in [6.07, 6.45) is 2.85. The van der Waals surface area contributed by atoms with E-state index in [1.807, 2.05) is 36.2 Å². The molecule has 0 aliphatic rings. The lowest BCUT2D eigenvalue weighted by atomic mass is 10.2. The van der Waals surface area contributed by atoms with Crippen LogP contribution in [0.2, 0.25) is 0 Å². The highest BCUT2D eigenvalue weighted by molar-refractivity contribution is 14.0. The Morgan fingerprint density at radius 1 is 1.32 bits per heavy atom. The van der Waals surface area contributed by atoms with E-state index in [-0.39, 0.29) is 24.0 Å². The Morgan fingerprint density at radius 3 is 2.79 bits per heavy atom. The number of ether oxygens (including phenoxy) is 1. The smallest absolute Gasteiger partial charge is 0.191 e. The number of thiazole rings is 1. The van der Waals surface area contributed by atoms with Gasteiger partial charge in [-0.25, -0.2) is 4.98 Å². The van der Waals surface area contributed by atoms with Crippen LogP contribution >= 0.6 is 47.1 Å². The SMILES string of the molecule is CCNC(=NCC(C)CSc1ccccc1OC)NCCc1ncc(C)s1.I. The molecule has 2 aromatic rings. The summed E-state index contributed by atoms with van der Waals surface area (Å²) in [6.45, 7) is 8.88. The highest BCUT2D eigenvalue weighted by Crippen LogP contribution is 2.29. The van der Waals surface area contributed by atoms with Gasteiger partial charge in [-0.15, -0.1) is 47.1 Å². The lowest BCUT2D eigenvalue weighted by Gasteiger charge is -2.14. The first kappa shape index (κ1) is 25.0. The van der Waals surface area contributed by atoms with Crippen LogP contribution in [0.25, 0.3) is 0 Å². The van der Waals surface area contributed by atoms with Gasteiger partial charge >= 0.3 is 0 Å². The quantitative estimate of drug-likeness (QED) is 0.202. The second kappa shape index (κ2) is 14.1. The van der Waals surface area contributed by atoms with E-state index in [9.17, 15) is 0 Å². The van der Waals surface area contributed by atoms with Crippen LogP contribution in [0.1, 0.15) is 23.7 Å². The summed E-state index contributed by atoms with van der Waals surface area (Å²) < 4.78 is 5.42. The molecule has 0 spiro atoms. The van der Waals surface area contributed by atoms with Crippen LogP contribution in [-0.2, 0) is 6.42 Å². The maximum absolute atomic E-state index is 5.42. The molecule has 0 amide bonds.